The van der Waals surface area contributed by atoms with Crippen molar-refractivity contribution in [1.29, 1.82) is 0 Å². The maximum atomic E-state index is 13.1. The van der Waals surface area contributed by atoms with Gasteiger partial charge in [0.1, 0.15) is 10.9 Å². The van der Waals surface area contributed by atoms with Crippen molar-refractivity contribution in [2.45, 2.75) is 23.6 Å². The molecule has 0 unspecified atom stereocenters. The molecule has 0 bridgehead atoms. The summed E-state index contributed by atoms with van der Waals surface area (Å²) in [6.45, 7) is 4.12. The first-order chi connectivity index (χ1) is 13.1. The molecule has 0 aliphatic rings. The van der Waals surface area contributed by atoms with Crippen LogP contribution < -0.4 is 0 Å². The highest BCUT2D eigenvalue weighted by Crippen LogP contribution is 2.29. The minimum absolute atomic E-state index is 0.221. The van der Waals surface area contributed by atoms with Crippen molar-refractivity contribution in [3.05, 3.63) is 101 Å². The Hall–Kier alpha value is -2.30. The number of benzene rings is 3. The van der Waals surface area contributed by atoms with Crippen molar-refractivity contribution in [3.8, 4) is 0 Å². The molecule has 3 aromatic carbocycles. The third-order valence-corrected chi connectivity index (χ3v) is 5.88. The molecule has 0 saturated heterocycles. The van der Waals surface area contributed by atoms with Crippen LogP contribution in [0, 0.1) is 12.7 Å². The fourth-order valence-corrected chi connectivity index (χ4v) is 3.93. The summed E-state index contributed by atoms with van der Waals surface area (Å²) in [5, 5.41) is 3.01. The van der Waals surface area contributed by atoms with Crippen LogP contribution in [0.4, 0.5) is 10.1 Å². The van der Waals surface area contributed by atoms with Crippen molar-refractivity contribution in [2.75, 3.05) is 0 Å². The van der Waals surface area contributed by atoms with Gasteiger partial charge in [0, 0.05) is 9.79 Å². The fraction of sp³-hybridized carbons (Fsp3) is 0.0870. The van der Waals surface area contributed by atoms with E-state index in [1.165, 1.54) is 17.7 Å². The lowest BCUT2D eigenvalue weighted by Crippen LogP contribution is -1.94. The van der Waals surface area contributed by atoms with Crippen molar-refractivity contribution >= 4 is 34.3 Å². The van der Waals surface area contributed by atoms with Gasteiger partial charge in [0.05, 0.1) is 5.69 Å². The largest absolute Gasteiger partial charge is 0.241 e. The van der Waals surface area contributed by atoms with E-state index in [-0.39, 0.29) is 5.82 Å². The van der Waals surface area contributed by atoms with E-state index in [4.69, 9.17) is 4.99 Å². The Morgan fingerprint density at radius 1 is 0.852 bits per heavy atom. The average Bonchev–Trinajstić information content (AvgIpc) is 2.69. The first kappa shape index (κ1) is 19.5. The molecule has 0 aromatic heterocycles. The topological polar surface area (TPSA) is 12.4 Å². The molecule has 27 heavy (non-hydrogen) atoms. The molecular formula is C23H20FNS2. The summed E-state index contributed by atoms with van der Waals surface area (Å²) in [6, 6.07) is 24.9. The lowest BCUT2D eigenvalue weighted by molar-refractivity contribution is 0.626. The fourth-order valence-electron chi connectivity index (χ4n) is 2.25. The Kier molecular flexibility index (Phi) is 6.91. The first-order valence-corrected chi connectivity index (χ1v) is 10.3. The maximum absolute atomic E-state index is 13.1. The normalized spacial score (nSPS) is 12.3. The molecule has 0 saturated carbocycles. The van der Waals surface area contributed by atoms with E-state index < -0.39 is 0 Å². The number of hydrogen-bond donors (Lipinski definition) is 0. The Morgan fingerprint density at radius 3 is 2.19 bits per heavy atom. The molecule has 1 nitrogen and oxygen atoms in total. The molecule has 0 fully saturated rings. The van der Waals surface area contributed by atoms with E-state index >= 15 is 0 Å². The number of aliphatic imine (C=N–C) groups is 1. The molecule has 0 spiro atoms. The first-order valence-electron chi connectivity index (χ1n) is 8.58. The quantitative estimate of drug-likeness (QED) is 0.251. The van der Waals surface area contributed by atoms with Gasteiger partial charge in [-0.1, -0.05) is 59.4 Å². The summed E-state index contributed by atoms with van der Waals surface area (Å²) in [5.74, 6) is -0.221. The van der Waals surface area contributed by atoms with Gasteiger partial charge in [0.15, 0.2) is 0 Å². The molecular weight excluding hydrogens is 373 g/mol. The minimum atomic E-state index is -0.221. The van der Waals surface area contributed by atoms with Crippen LogP contribution in [-0.4, -0.2) is 5.04 Å². The van der Waals surface area contributed by atoms with Gasteiger partial charge in [-0.25, -0.2) is 9.38 Å². The summed E-state index contributed by atoms with van der Waals surface area (Å²) in [6.07, 6.45) is 0. The van der Waals surface area contributed by atoms with Gasteiger partial charge in [-0.05, 0) is 73.4 Å². The molecule has 0 aliphatic carbocycles. The molecule has 0 heterocycles. The summed E-state index contributed by atoms with van der Waals surface area (Å²) in [5.41, 5.74) is 3.21. The smallest absolute Gasteiger partial charge is 0.123 e. The second kappa shape index (κ2) is 9.58. The van der Waals surface area contributed by atoms with Crippen molar-refractivity contribution in [2.24, 2.45) is 4.99 Å². The van der Waals surface area contributed by atoms with Gasteiger partial charge < -0.3 is 0 Å². The molecule has 4 heteroatoms. The van der Waals surface area contributed by atoms with Crippen LogP contribution in [0.3, 0.4) is 0 Å². The van der Waals surface area contributed by atoms with Gasteiger partial charge in [0.2, 0.25) is 0 Å². The van der Waals surface area contributed by atoms with Crippen LogP contribution in [0.1, 0.15) is 12.5 Å². The van der Waals surface area contributed by atoms with Crippen molar-refractivity contribution in [1.82, 2.24) is 0 Å². The second-order valence-electron chi connectivity index (χ2n) is 6.04. The maximum Gasteiger partial charge on any atom is 0.123 e. The summed E-state index contributed by atoms with van der Waals surface area (Å²) >= 11 is 3.21. The standard InChI is InChI=1S/C23H20FNS2/c1-17-8-12-20(13-9-17)25-23(27-22-6-4-3-5-7-22)18(2)16-26-21-14-10-19(24)11-15-21/h3-16H,1-2H3/b18-16+,25-23-. The summed E-state index contributed by atoms with van der Waals surface area (Å²) in [4.78, 5) is 7.00. The van der Waals surface area contributed by atoms with Crippen LogP contribution in [0.2, 0.25) is 0 Å². The van der Waals surface area contributed by atoms with Crippen LogP contribution in [-0.2, 0) is 0 Å². The van der Waals surface area contributed by atoms with E-state index in [9.17, 15) is 4.39 Å². The van der Waals surface area contributed by atoms with Gasteiger partial charge >= 0.3 is 0 Å². The van der Waals surface area contributed by atoms with Crippen molar-refractivity contribution < 1.29 is 4.39 Å². The van der Waals surface area contributed by atoms with Crippen LogP contribution in [0.5, 0.6) is 0 Å². The van der Waals surface area contributed by atoms with Gasteiger partial charge in [0.25, 0.3) is 0 Å². The molecule has 3 aromatic rings. The third kappa shape index (κ3) is 6.12. The molecule has 3 rings (SSSR count). The average molecular weight is 394 g/mol. The molecule has 0 N–H and O–H groups in total. The summed E-state index contributed by atoms with van der Waals surface area (Å²) in [7, 11) is 0. The zero-order valence-corrected chi connectivity index (χ0v) is 16.9. The Balaban J connectivity index is 1.86. The van der Waals surface area contributed by atoms with E-state index in [0.717, 1.165) is 26.1 Å². The molecule has 0 amide bonds. The van der Waals surface area contributed by atoms with Crippen LogP contribution in [0.25, 0.3) is 0 Å². The number of hydrogen-bond acceptors (Lipinski definition) is 3. The van der Waals surface area contributed by atoms with Gasteiger partial charge in [-0.3, -0.25) is 0 Å². The minimum Gasteiger partial charge on any atom is -0.241 e. The van der Waals surface area contributed by atoms with E-state index in [1.807, 2.05) is 30.3 Å². The van der Waals surface area contributed by atoms with Crippen LogP contribution in [0.15, 0.2) is 105 Å². The van der Waals surface area contributed by atoms with Crippen molar-refractivity contribution in [3.63, 3.8) is 0 Å². The predicted octanol–water partition coefficient (Wildman–Crippen LogP) is 7.65. The molecule has 0 radical (unpaired) electrons. The van der Waals surface area contributed by atoms with E-state index in [2.05, 4.69) is 43.5 Å². The number of aryl methyl sites for hydroxylation is 1. The zero-order valence-electron chi connectivity index (χ0n) is 15.2. The Labute approximate surface area is 168 Å². The van der Waals surface area contributed by atoms with E-state index in [1.54, 1.807) is 35.7 Å². The third-order valence-electron chi connectivity index (χ3n) is 3.75. The van der Waals surface area contributed by atoms with Gasteiger partial charge in [-0.2, -0.15) is 0 Å². The highest BCUT2D eigenvalue weighted by molar-refractivity contribution is 8.14. The van der Waals surface area contributed by atoms with Gasteiger partial charge in [-0.15, -0.1) is 0 Å². The number of nitrogens with zero attached hydrogens (tertiary/aromatic N) is 1. The SMILES string of the molecule is CC(=C\Sc1ccc(F)cc1)/C(=N/c1ccc(C)cc1)Sc1ccccc1. The highest BCUT2D eigenvalue weighted by atomic mass is 32.2. The van der Waals surface area contributed by atoms with Crippen LogP contribution >= 0.6 is 23.5 Å². The second-order valence-corrected chi connectivity index (χ2v) is 8.05. The lowest BCUT2D eigenvalue weighted by atomic mass is 10.2. The monoisotopic (exact) mass is 393 g/mol. The number of thioether (sulfide) groups is 2. The number of halogens is 1. The lowest BCUT2D eigenvalue weighted by Gasteiger charge is -2.08. The highest BCUT2D eigenvalue weighted by Gasteiger charge is 2.07. The number of rotatable bonds is 5. The molecule has 0 aliphatic heterocycles. The summed E-state index contributed by atoms with van der Waals surface area (Å²) < 4.78 is 13.1. The molecule has 0 atom stereocenters. The zero-order chi connectivity index (χ0) is 19.1. The molecule has 136 valence electrons. The predicted molar refractivity (Wildman–Crippen MR) is 117 cm³/mol. The van der Waals surface area contributed by atoms with E-state index in [0.29, 0.717) is 0 Å². The Bertz CT molecular complexity index is 930. The Morgan fingerprint density at radius 2 is 1.52 bits per heavy atom.